The molecule has 1 fully saturated rings. The largest absolute Gasteiger partial charge is 0.325 e. The van der Waals surface area contributed by atoms with Gasteiger partial charge in [0.1, 0.15) is 5.70 Å². The highest BCUT2D eigenvalue weighted by molar-refractivity contribution is 8.14. The fraction of sp³-hybridized carbons (Fsp3) is 0.300. The molecule has 0 bridgehead atoms. The Morgan fingerprint density at radius 3 is 2.90 bits per heavy atom. The Labute approximate surface area is 177 Å². The molecule has 0 spiro atoms. The van der Waals surface area contributed by atoms with Crippen molar-refractivity contribution in [3.63, 3.8) is 0 Å². The molecule has 4 rings (SSSR count). The zero-order chi connectivity index (χ0) is 20.5. The lowest BCUT2D eigenvalue weighted by molar-refractivity contribution is -0.123. The van der Waals surface area contributed by atoms with Gasteiger partial charge >= 0.3 is 0 Å². The minimum Gasteiger partial charge on any atom is -0.325 e. The Kier molecular flexibility index (Phi) is 5.47. The van der Waals surface area contributed by atoms with E-state index in [1.54, 1.807) is 34.0 Å². The lowest BCUT2D eigenvalue weighted by atomic mass is 10.2. The van der Waals surface area contributed by atoms with E-state index in [0.29, 0.717) is 21.6 Å². The average Bonchev–Trinajstić information content (AvgIpc) is 3.35. The van der Waals surface area contributed by atoms with Crippen molar-refractivity contribution in [2.45, 2.75) is 25.8 Å². The van der Waals surface area contributed by atoms with E-state index >= 15 is 0 Å². The number of hydrogen-bond acceptors (Lipinski definition) is 5. The highest BCUT2D eigenvalue weighted by atomic mass is 35.5. The van der Waals surface area contributed by atoms with Crippen molar-refractivity contribution in [1.82, 2.24) is 14.7 Å². The summed E-state index contributed by atoms with van der Waals surface area (Å²) < 4.78 is 1.67. The molecule has 2 aromatic rings. The van der Waals surface area contributed by atoms with Crippen LogP contribution in [0, 0.1) is 6.92 Å². The van der Waals surface area contributed by atoms with E-state index in [0.717, 1.165) is 24.0 Å². The van der Waals surface area contributed by atoms with Gasteiger partial charge in [-0.25, -0.2) is 4.99 Å². The standard InChI is InChI=1S/C20H20ClN5O2S/c1-12-3-4-14(21)8-16(12)23-18(27)11-29-20-24-17(7-13-9-22-25(2)10-13)19(28)26(20)15-5-6-15/h3-4,7-10,15H,5-6,11H2,1-2H3,(H,23,27)/b17-7-. The Morgan fingerprint density at radius 2 is 2.21 bits per heavy atom. The van der Waals surface area contributed by atoms with E-state index in [2.05, 4.69) is 15.4 Å². The third kappa shape index (κ3) is 4.54. The number of nitrogens with zero attached hydrogens (tertiary/aromatic N) is 4. The second-order valence-corrected chi connectivity index (χ2v) is 8.45. The number of rotatable bonds is 5. The van der Waals surface area contributed by atoms with Gasteiger partial charge in [0.05, 0.1) is 11.9 Å². The molecule has 150 valence electrons. The van der Waals surface area contributed by atoms with Crippen LogP contribution in [0.1, 0.15) is 24.0 Å². The molecule has 1 N–H and O–H groups in total. The molecule has 0 saturated heterocycles. The summed E-state index contributed by atoms with van der Waals surface area (Å²) in [4.78, 5) is 31.5. The topological polar surface area (TPSA) is 79.6 Å². The Morgan fingerprint density at radius 1 is 1.41 bits per heavy atom. The third-order valence-electron chi connectivity index (χ3n) is 4.61. The number of thioether (sulfide) groups is 1. The monoisotopic (exact) mass is 429 g/mol. The van der Waals surface area contributed by atoms with Crippen molar-refractivity contribution in [2.24, 2.45) is 12.0 Å². The number of carbonyl (C=O) groups excluding carboxylic acids is 2. The molecule has 2 aliphatic rings. The van der Waals surface area contributed by atoms with Gasteiger partial charge in [-0.2, -0.15) is 5.10 Å². The summed E-state index contributed by atoms with van der Waals surface area (Å²) in [6, 6.07) is 5.53. The first-order chi connectivity index (χ1) is 13.9. The molecule has 29 heavy (non-hydrogen) atoms. The van der Waals surface area contributed by atoms with Crippen LogP contribution >= 0.6 is 23.4 Å². The Hall–Kier alpha value is -2.58. The van der Waals surface area contributed by atoms with E-state index in [9.17, 15) is 9.59 Å². The number of aromatic nitrogens is 2. The summed E-state index contributed by atoms with van der Waals surface area (Å²) in [5, 5.41) is 8.12. The van der Waals surface area contributed by atoms with Gasteiger partial charge in [-0.1, -0.05) is 29.4 Å². The summed E-state index contributed by atoms with van der Waals surface area (Å²) in [7, 11) is 1.82. The second-order valence-electron chi connectivity index (χ2n) is 7.07. The molecule has 2 amide bonds. The number of amidine groups is 1. The molecular formula is C20H20ClN5O2S. The summed E-state index contributed by atoms with van der Waals surface area (Å²) in [5.41, 5.74) is 2.81. The van der Waals surface area contributed by atoms with Crippen LogP contribution in [0.2, 0.25) is 5.02 Å². The first kappa shape index (κ1) is 19.7. The highest BCUT2D eigenvalue weighted by Crippen LogP contribution is 2.35. The number of halogens is 1. The number of aryl methyl sites for hydroxylation is 2. The van der Waals surface area contributed by atoms with Crippen LogP contribution in [0.15, 0.2) is 41.3 Å². The lowest BCUT2D eigenvalue weighted by Gasteiger charge is -2.16. The molecule has 0 radical (unpaired) electrons. The number of anilines is 1. The lowest BCUT2D eigenvalue weighted by Crippen LogP contribution is -2.33. The first-order valence-electron chi connectivity index (χ1n) is 9.22. The van der Waals surface area contributed by atoms with E-state index in [1.165, 1.54) is 11.8 Å². The van der Waals surface area contributed by atoms with Crippen LogP contribution in [-0.2, 0) is 16.6 Å². The van der Waals surface area contributed by atoms with Crippen LogP contribution in [0.25, 0.3) is 6.08 Å². The summed E-state index contributed by atoms with van der Waals surface area (Å²) >= 11 is 7.28. The number of carbonyl (C=O) groups is 2. The van der Waals surface area contributed by atoms with E-state index < -0.39 is 0 Å². The van der Waals surface area contributed by atoms with Gasteiger partial charge in [-0.15, -0.1) is 0 Å². The van der Waals surface area contributed by atoms with Gasteiger partial charge in [-0.3, -0.25) is 19.2 Å². The third-order valence-corrected chi connectivity index (χ3v) is 5.79. The molecular weight excluding hydrogens is 410 g/mol. The Bertz CT molecular complexity index is 1040. The molecule has 1 aliphatic heterocycles. The van der Waals surface area contributed by atoms with Crippen molar-refractivity contribution < 1.29 is 9.59 Å². The quantitative estimate of drug-likeness (QED) is 0.738. The van der Waals surface area contributed by atoms with Crippen molar-refractivity contribution in [3.8, 4) is 0 Å². The SMILES string of the molecule is Cc1ccc(Cl)cc1NC(=O)CSC1=N/C(=C\c2cnn(C)c2)C(=O)N1C1CC1. The Balaban J connectivity index is 1.46. The second kappa shape index (κ2) is 8.04. The minimum absolute atomic E-state index is 0.120. The fourth-order valence-electron chi connectivity index (χ4n) is 2.98. The average molecular weight is 430 g/mol. The van der Waals surface area contributed by atoms with Gasteiger partial charge in [0, 0.05) is 35.6 Å². The maximum Gasteiger partial charge on any atom is 0.278 e. The van der Waals surface area contributed by atoms with Crippen molar-refractivity contribution in [1.29, 1.82) is 0 Å². The van der Waals surface area contributed by atoms with Gasteiger partial charge < -0.3 is 5.32 Å². The number of benzene rings is 1. The normalized spacial score (nSPS) is 17.8. The van der Waals surface area contributed by atoms with Crippen LogP contribution in [0.3, 0.4) is 0 Å². The van der Waals surface area contributed by atoms with Crippen LogP contribution in [0.5, 0.6) is 0 Å². The zero-order valence-electron chi connectivity index (χ0n) is 16.1. The van der Waals surface area contributed by atoms with Gasteiger partial charge in [0.15, 0.2) is 5.17 Å². The summed E-state index contributed by atoms with van der Waals surface area (Å²) in [6.07, 6.45) is 7.15. The zero-order valence-corrected chi connectivity index (χ0v) is 17.6. The highest BCUT2D eigenvalue weighted by Gasteiger charge is 2.41. The molecule has 1 aromatic carbocycles. The van der Waals surface area contributed by atoms with Crippen LogP contribution < -0.4 is 5.32 Å². The number of amides is 2. The molecule has 1 aromatic heterocycles. The molecule has 1 aliphatic carbocycles. The van der Waals surface area contributed by atoms with Gasteiger partial charge in [-0.05, 0) is 43.5 Å². The number of aliphatic imine (C=N–C) groups is 1. The number of nitrogens with one attached hydrogen (secondary N) is 1. The minimum atomic E-state index is -0.170. The van der Waals surface area contributed by atoms with Gasteiger partial charge in [0.2, 0.25) is 5.91 Å². The predicted octanol–water partition coefficient (Wildman–Crippen LogP) is 3.46. The van der Waals surface area contributed by atoms with E-state index in [4.69, 9.17) is 11.6 Å². The first-order valence-corrected chi connectivity index (χ1v) is 10.6. The van der Waals surface area contributed by atoms with Gasteiger partial charge in [0.25, 0.3) is 5.91 Å². The summed E-state index contributed by atoms with van der Waals surface area (Å²) in [6.45, 7) is 1.91. The predicted molar refractivity (Wildman–Crippen MR) is 116 cm³/mol. The van der Waals surface area contributed by atoms with Crippen LogP contribution in [-0.4, -0.2) is 43.5 Å². The molecule has 2 heterocycles. The smallest absolute Gasteiger partial charge is 0.278 e. The molecule has 7 nitrogen and oxygen atoms in total. The molecule has 0 atom stereocenters. The number of hydrogen-bond donors (Lipinski definition) is 1. The molecule has 1 saturated carbocycles. The van der Waals surface area contributed by atoms with Crippen molar-refractivity contribution in [2.75, 3.05) is 11.1 Å². The van der Waals surface area contributed by atoms with E-state index in [1.807, 2.05) is 26.2 Å². The van der Waals surface area contributed by atoms with E-state index in [-0.39, 0.29) is 23.6 Å². The van der Waals surface area contributed by atoms with Crippen molar-refractivity contribution in [3.05, 3.63) is 52.4 Å². The maximum atomic E-state index is 12.8. The molecule has 0 unspecified atom stereocenters. The van der Waals surface area contributed by atoms with Crippen LogP contribution in [0.4, 0.5) is 5.69 Å². The van der Waals surface area contributed by atoms with Crippen molar-refractivity contribution >= 4 is 52.1 Å². The maximum absolute atomic E-state index is 12.8. The molecule has 9 heteroatoms. The summed E-state index contributed by atoms with van der Waals surface area (Å²) in [5.74, 6) is -0.137. The fourth-order valence-corrected chi connectivity index (χ4v) is 4.02.